The Labute approximate surface area is 137 Å². The predicted octanol–water partition coefficient (Wildman–Crippen LogP) is 3.63. The Balaban J connectivity index is 2.52. The number of pyridine rings is 1. The van der Waals surface area contributed by atoms with Crippen LogP contribution in [0.25, 0.3) is 0 Å². The molecule has 0 radical (unpaired) electrons. The van der Waals surface area contributed by atoms with Crippen molar-refractivity contribution in [3.05, 3.63) is 47.2 Å². The number of aromatic nitrogens is 1. The van der Waals surface area contributed by atoms with E-state index in [-0.39, 0.29) is 10.8 Å². The summed E-state index contributed by atoms with van der Waals surface area (Å²) in [6.07, 6.45) is 1.56. The number of methoxy groups -OCH3 is 1. The van der Waals surface area contributed by atoms with Gasteiger partial charge in [-0.05, 0) is 54.7 Å². The van der Waals surface area contributed by atoms with E-state index in [4.69, 9.17) is 4.74 Å². The summed E-state index contributed by atoms with van der Waals surface area (Å²) in [4.78, 5) is 4.34. The van der Waals surface area contributed by atoms with Crippen LogP contribution >= 0.6 is 0 Å². The summed E-state index contributed by atoms with van der Waals surface area (Å²) in [6.45, 7) is 7.57. The van der Waals surface area contributed by atoms with Crippen LogP contribution in [0.3, 0.4) is 0 Å². The monoisotopic (exact) mass is 334 g/mol. The average molecular weight is 334 g/mol. The minimum atomic E-state index is -3.72. The molecule has 23 heavy (non-hydrogen) atoms. The molecule has 0 saturated carbocycles. The molecule has 1 N–H and O–H groups in total. The smallest absolute Gasteiger partial charge is 0.263 e. The number of aryl methyl sites for hydroxylation is 2. The van der Waals surface area contributed by atoms with Crippen molar-refractivity contribution in [3.63, 3.8) is 0 Å². The molecule has 0 amide bonds. The number of nitrogens with zero attached hydrogens (tertiary/aromatic N) is 1. The molecule has 0 saturated heterocycles. The highest BCUT2D eigenvalue weighted by Crippen LogP contribution is 2.32. The third kappa shape index (κ3) is 3.64. The van der Waals surface area contributed by atoms with E-state index >= 15 is 0 Å². The Morgan fingerprint density at radius 1 is 1.17 bits per heavy atom. The fourth-order valence-electron chi connectivity index (χ4n) is 2.37. The number of hydrogen-bond acceptors (Lipinski definition) is 4. The summed E-state index contributed by atoms with van der Waals surface area (Å²) < 4.78 is 33.4. The van der Waals surface area contributed by atoms with E-state index in [0.717, 1.165) is 11.1 Å². The maximum Gasteiger partial charge on any atom is 0.263 e. The molecule has 2 rings (SSSR count). The van der Waals surface area contributed by atoms with E-state index < -0.39 is 10.0 Å². The lowest BCUT2D eigenvalue weighted by atomic mass is 10.0. The second-order valence-electron chi connectivity index (χ2n) is 5.79. The first kappa shape index (κ1) is 17.3. The minimum absolute atomic E-state index is 0.149. The van der Waals surface area contributed by atoms with E-state index in [2.05, 4.69) is 9.71 Å². The summed E-state index contributed by atoms with van der Waals surface area (Å²) in [5.74, 6) is 1.19. The lowest BCUT2D eigenvalue weighted by Gasteiger charge is -2.17. The highest BCUT2D eigenvalue weighted by atomic mass is 32.2. The summed E-state index contributed by atoms with van der Waals surface area (Å²) >= 11 is 0. The van der Waals surface area contributed by atoms with Crippen molar-refractivity contribution < 1.29 is 13.2 Å². The normalized spacial score (nSPS) is 11.6. The van der Waals surface area contributed by atoms with Crippen LogP contribution in [0.15, 0.2) is 35.4 Å². The van der Waals surface area contributed by atoms with Crippen LogP contribution in [0.2, 0.25) is 0 Å². The van der Waals surface area contributed by atoms with Gasteiger partial charge in [-0.3, -0.25) is 4.72 Å². The first-order chi connectivity index (χ1) is 10.8. The standard InChI is InChI=1S/C17H22N2O3S/c1-11(2)14-10-16(13(4)9-15(14)22-5)23(20,21)19-17-12(3)7-6-8-18-17/h6-11H,1-5H3,(H,18,19). The quantitative estimate of drug-likeness (QED) is 0.906. The zero-order chi connectivity index (χ0) is 17.2. The molecule has 0 bridgehead atoms. The first-order valence-corrected chi connectivity index (χ1v) is 8.87. The fraction of sp³-hybridized carbons (Fsp3) is 0.353. The van der Waals surface area contributed by atoms with E-state index in [1.165, 1.54) is 0 Å². The molecule has 5 nitrogen and oxygen atoms in total. The van der Waals surface area contributed by atoms with Crippen LogP contribution in [-0.4, -0.2) is 20.5 Å². The van der Waals surface area contributed by atoms with Gasteiger partial charge in [0.2, 0.25) is 0 Å². The number of sulfonamides is 1. The molecular weight excluding hydrogens is 312 g/mol. The number of benzene rings is 1. The number of anilines is 1. The van der Waals surface area contributed by atoms with Gasteiger partial charge in [0.05, 0.1) is 12.0 Å². The van der Waals surface area contributed by atoms with Crippen LogP contribution in [0.4, 0.5) is 5.82 Å². The zero-order valence-electron chi connectivity index (χ0n) is 14.0. The maximum atomic E-state index is 12.8. The molecular formula is C17H22N2O3S. The summed E-state index contributed by atoms with van der Waals surface area (Å²) in [5.41, 5.74) is 2.26. The van der Waals surface area contributed by atoms with Crippen molar-refractivity contribution in [3.8, 4) is 5.75 Å². The number of rotatable bonds is 5. The minimum Gasteiger partial charge on any atom is -0.496 e. The molecule has 0 spiro atoms. The van der Waals surface area contributed by atoms with Gasteiger partial charge in [-0.25, -0.2) is 13.4 Å². The molecule has 0 fully saturated rings. The average Bonchev–Trinajstić information content (AvgIpc) is 2.48. The van der Waals surface area contributed by atoms with Crippen molar-refractivity contribution >= 4 is 15.8 Å². The van der Waals surface area contributed by atoms with Crippen LogP contribution < -0.4 is 9.46 Å². The topological polar surface area (TPSA) is 68.3 Å². The highest BCUT2D eigenvalue weighted by molar-refractivity contribution is 7.92. The first-order valence-electron chi connectivity index (χ1n) is 7.39. The van der Waals surface area contributed by atoms with Gasteiger partial charge in [-0.15, -0.1) is 0 Å². The summed E-state index contributed by atoms with van der Waals surface area (Å²) in [7, 11) is -2.13. The Hall–Kier alpha value is -2.08. The Morgan fingerprint density at radius 2 is 1.87 bits per heavy atom. The van der Waals surface area contributed by atoms with E-state index in [1.807, 2.05) is 26.8 Å². The molecule has 6 heteroatoms. The van der Waals surface area contributed by atoms with Gasteiger partial charge < -0.3 is 4.74 Å². The largest absolute Gasteiger partial charge is 0.496 e. The maximum absolute atomic E-state index is 12.8. The molecule has 0 atom stereocenters. The second-order valence-corrected chi connectivity index (χ2v) is 7.44. The van der Waals surface area contributed by atoms with Crippen LogP contribution in [-0.2, 0) is 10.0 Å². The second kappa shape index (κ2) is 6.58. The van der Waals surface area contributed by atoms with Crippen LogP contribution in [0.1, 0.15) is 36.5 Å². The van der Waals surface area contributed by atoms with E-state index in [1.54, 1.807) is 38.4 Å². The molecule has 0 aliphatic carbocycles. The van der Waals surface area contributed by atoms with Crippen molar-refractivity contribution in [2.45, 2.75) is 38.5 Å². The third-order valence-corrected chi connectivity index (χ3v) is 5.16. The van der Waals surface area contributed by atoms with Crippen molar-refractivity contribution in [1.29, 1.82) is 0 Å². The van der Waals surface area contributed by atoms with E-state index in [0.29, 0.717) is 17.1 Å². The Kier molecular flexibility index (Phi) is 4.94. The molecule has 0 aliphatic heterocycles. The molecule has 124 valence electrons. The van der Waals surface area contributed by atoms with Crippen molar-refractivity contribution in [2.24, 2.45) is 0 Å². The highest BCUT2D eigenvalue weighted by Gasteiger charge is 2.22. The van der Waals surface area contributed by atoms with Crippen LogP contribution in [0, 0.1) is 13.8 Å². The lowest BCUT2D eigenvalue weighted by Crippen LogP contribution is -2.16. The van der Waals surface area contributed by atoms with Crippen molar-refractivity contribution in [1.82, 2.24) is 4.98 Å². The SMILES string of the molecule is COc1cc(C)c(S(=O)(=O)Nc2ncccc2C)cc1C(C)C. The zero-order valence-corrected chi connectivity index (χ0v) is 14.9. The van der Waals surface area contributed by atoms with Gasteiger partial charge in [0.15, 0.2) is 0 Å². The number of ether oxygens (including phenoxy) is 1. The van der Waals surface area contributed by atoms with Gasteiger partial charge in [-0.1, -0.05) is 19.9 Å². The molecule has 0 unspecified atom stereocenters. The predicted molar refractivity (Wildman–Crippen MR) is 91.6 cm³/mol. The van der Waals surface area contributed by atoms with Crippen LogP contribution in [0.5, 0.6) is 5.75 Å². The van der Waals surface area contributed by atoms with Gasteiger partial charge in [0, 0.05) is 6.20 Å². The molecule has 1 heterocycles. The van der Waals surface area contributed by atoms with Gasteiger partial charge in [0.1, 0.15) is 11.6 Å². The fourth-order valence-corrected chi connectivity index (χ4v) is 3.71. The van der Waals surface area contributed by atoms with Crippen molar-refractivity contribution in [2.75, 3.05) is 11.8 Å². The molecule has 2 aromatic rings. The van der Waals surface area contributed by atoms with Gasteiger partial charge in [0.25, 0.3) is 10.0 Å². The molecule has 0 aliphatic rings. The summed E-state index contributed by atoms with van der Waals surface area (Å²) in [6, 6.07) is 7.02. The summed E-state index contributed by atoms with van der Waals surface area (Å²) in [5, 5.41) is 0. The van der Waals surface area contributed by atoms with E-state index in [9.17, 15) is 8.42 Å². The van der Waals surface area contributed by atoms with Gasteiger partial charge in [-0.2, -0.15) is 0 Å². The lowest BCUT2D eigenvalue weighted by molar-refractivity contribution is 0.406. The number of nitrogens with one attached hydrogen (secondary N) is 1. The third-order valence-electron chi connectivity index (χ3n) is 3.68. The van der Waals surface area contributed by atoms with Gasteiger partial charge >= 0.3 is 0 Å². The molecule has 1 aromatic carbocycles. The number of hydrogen-bond donors (Lipinski definition) is 1. The molecule has 1 aromatic heterocycles. The Bertz CT molecular complexity index is 815. The Morgan fingerprint density at radius 3 is 2.43 bits per heavy atom.